The normalized spacial score (nSPS) is 20.7. The number of alkyl halides is 3. The molecule has 4 rings (SSSR count). The third-order valence-corrected chi connectivity index (χ3v) is 5.67. The van der Waals surface area contributed by atoms with E-state index < -0.39 is 11.7 Å². The summed E-state index contributed by atoms with van der Waals surface area (Å²) >= 11 is 0. The largest absolute Gasteiger partial charge is 0.416 e. The van der Waals surface area contributed by atoms with Gasteiger partial charge in [-0.2, -0.15) is 13.2 Å². The SMILES string of the molecule is O=C(NCC(=O)N1CCc2ccccc2C1)C1CC1c1cccc(C(F)(F)F)c1. The molecule has 1 fully saturated rings. The maximum Gasteiger partial charge on any atom is 0.416 e. The summed E-state index contributed by atoms with van der Waals surface area (Å²) in [6, 6.07) is 13.1. The van der Waals surface area contributed by atoms with Crippen LogP contribution in [0.25, 0.3) is 0 Å². The molecule has 2 aromatic rings. The van der Waals surface area contributed by atoms with Crippen LogP contribution in [-0.2, 0) is 28.7 Å². The molecule has 0 aromatic heterocycles. The van der Waals surface area contributed by atoms with Gasteiger partial charge in [-0.05, 0) is 41.5 Å². The lowest BCUT2D eigenvalue weighted by molar-refractivity contribution is -0.137. The molecule has 1 aliphatic heterocycles. The molecule has 2 aliphatic rings. The van der Waals surface area contributed by atoms with Crippen molar-refractivity contribution in [3.8, 4) is 0 Å². The fraction of sp³-hybridized carbons (Fsp3) is 0.364. The molecular formula is C22H21F3N2O2. The molecule has 0 bridgehead atoms. The molecule has 1 heterocycles. The fourth-order valence-corrected chi connectivity index (χ4v) is 3.91. The number of rotatable bonds is 4. The molecule has 1 N–H and O–H groups in total. The maximum absolute atomic E-state index is 12.9. The zero-order chi connectivity index (χ0) is 20.6. The van der Waals surface area contributed by atoms with Crippen LogP contribution in [-0.4, -0.2) is 29.8 Å². The van der Waals surface area contributed by atoms with Crippen LogP contribution >= 0.6 is 0 Å². The molecule has 2 aromatic carbocycles. The lowest BCUT2D eigenvalue weighted by atomic mass is 10.00. The predicted octanol–water partition coefficient (Wildman–Crippen LogP) is 3.51. The zero-order valence-electron chi connectivity index (χ0n) is 15.7. The van der Waals surface area contributed by atoms with E-state index in [0.29, 0.717) is 25.1 Å². The lowest BCUT2D eigenvalue weighted by Crippen LogP contribution is -2.43. The third kappa shape index (κ3) is 4.28. The molecule has 2 amide bonds. The number of hydrogen-bond acceptors (Lipinski definition) is 2. The summed E-state index contributed by atoms with van der Waals surface area (Å²) in [7, 11) is 0. The first-order valence-corrected chi connectivity index (χ1v) is 9.62. The van der Waals surface area contributed by atoms with Gasteiger partial charge < -0.3 is 10.2 Å². The van der Waals surface area contributed by atoms with Crippen LogP contribution in [0, 0.1) is 5.92 Å². The topological polar surface area (TPSA) is 49.4 Å². The van der Waals surface area contributed by atoms with Gasteiger partial charge in [-0.15, -0.1) is 0 Å². The van der Waals surface area contributed by atoms with Gasteiger partial charge in [-0.1, -0.05) is 42.5 Å². The highest BCUT2D eigenvalue weighted by molar-refractivity contribution is 5.88. The number of halogens is 3. The zero-order valence-corrected chi connectivity index (χ0v) is 15.7. The van der Waals surface area contributed by atoms with Gasteiger partial charge in [0.15, 0.2) is 0 Å². The fourth-order valence-electron chi connectivity index (χ4n) is 3.91. The first-order chi connectivity index (χ1) is 13.8. The Morgan fingerprint density at radius 1 is 1.07 bits per heavy atom. The summed E-state index contributed by atoms with van der Waals surface area (Å²) < 4.78 is 38.6. The molecule has 0 spiro atoms. The van der Waals surface area contributed by atoms with Crippen molar-refractivity contribution in [1.82, 2.24) is 10.2 Å². The van der Waals surface area contributed by atoms with E-state index in [9.17, 15) is 22.8 Å². The Morgan fingerprint density at radius 3 is 2.59 bits per heavy atom. The smallest absolute Gasteiger partial charge is 0.347 e. The number of benzene rings is 2. The van der Waals surface area contributed by atoms with Crippen LogP contribution in [0.3, 0.4) is 0 Å². The van der Waals surface area contributed by atoms with E-state index in [1.807, 2.05) is 18.2 Å². The van der Waals surface area contributed by atoms with Gasteiger partial charge >= 0.3 is 6.18 Å². The van der Waals surface area contributed by atoms with E-state index in [-0.39, 0.29) is 30.2 Å². The summed E-state index contributed by atoms with van der Waals surface area (Å²) in [5, 5.41) is 2.66. The summed E-state index contributed by atoms with van der Waals surface area (Å²) in [4.78, 5) is 26.5. The lowest BCUT2D eigenvalue weighted by Gasteiger charge is -2.29. The number of hydrogen-bond donors (Lipinski definition) is 1. The average molecular weight is 402 g/mol. The van der Waals surface area contributed by atoms with Crippen LogP contribution in [0.5, 0.6) is 0 Å². The molecule has 4 nitrogen and oxygen atoms in total. The molecule has 0 saturated heterocycles. The van der Waals surface area contributed by atoms with Gasteiger partial charge in [0.2, 0.25) is 11.8 Å². The Hall–Kier alpha value is -2.83. The Morgan fingerprint density at radius 2 is 1.83 bits per heavy atom. The van der Waals surface area contributed by atoms with Gasteiger partial charge in [0.1, 0.15) is 0 Å². The molecule has 7 heteroatoms. The van der Waals surface area contributed by atoms with Crippen molar-refractivity contribution in [2.45, 2.75) is 31.5 Å². The van der Waals surface area contributed by atoms with E-state index in [0.717, 1.165) is 24.1 Å². The first-order valence-electron chi connectivity index (χ1n) is 9.62. The van der Waals surface area contributed by atoms with Crippen LogP contribution in [0.2, 0.25) is 0 Å². The van der Waals surface area contributed by atoms with Gasteiger partial charge in [-0.3, -0.25) is 9.59 Å². The van der Waals surface area contributed by atoms with Crippen molar-refractivity contribution >= 4 is 11.8 Å². The van der Waals surface area contributed by atoms with Gasteiger partial charge in [0.25, 0.3) is 0 Å². The molecule has 29 heavy (non-hydrogen) atoms. The van der Waals surface area contributed by atoms with E-state index in [1.165, 1.54) is 11.6 Å². The molecule has 2 atom stereocenters. The van der Waals surface area contributed by atoms with Crippen molar-refractivity contribution in [2.75, 3.05) is 13.1 Å². The highest BCUT2D eigenvalue weighted by Gasteiger charge is 2.44. The molecule has 152 valence electrons. The Kier molecular flexibility index (Phi) is 5.06. The quantitative estimate of drug-likeness (QED) is 0.851. The highest BCUT2D eigenvalue weighted by Crippen LogP contribution is 2.48. The van der Waals surface area contributed by atoms with Gasteiger partial charge in [0.05, 0.1) is 12.1 Å². The predicted molar refractivity (Wildman–Crippen MR) is 101 cm³/mol. The number of carbonyl (C=O) groups is 2. The Labute approximate surface area is 166 Å². The minimum Gasteiger partial charge on any atom is -0.347 e. The average Bonchev–Trinajstić information content (AvgIpc) is 3.52. The highest BCUT2D eigenvalue weighted by atomic mass is 19.4. The number of nitrogens with one attached hydrogen (secondary N) is 1. The standard InChI is InChI=1S/C22H21F3N2O2/c23-22(24,25)17-7-3-6-15(10-17)18-11-19(18)21(29)26-12-20(28)27-9-8-14-4-1-2-5-16(14)13-27/h1-7,10,18-19H,8-9,11-13H2,(H,26,29). The van der Waals surface area contributed by atoms with Gasteiger partial charge in [0, 0.05) is 19.0 Å². The van der Waals surface area contributed by atoms with E-state index in [1.54, 1.807) is 11.0 Å². The van der Waals surface area contributed by atoms with Gasteiger partial charge in [-0.25, -0.2) is 0 Å². The number of amides is 2. The maximum atomic E-state index is 12.9. The van der Waals surface area contributed by atoms with E-state index in [2.05, 4.69) is 11.4 Å². The van der Waals surface area contributed by atoms with Crippen molar-refractivity contribution in [2.24, 2.45) is 5.92 Å². The van der Waals surface area contributed by atoms with Crippen LogP contribution in [0.15, 0.2) is 48.5 Å². The number of fused-ring (bicyclic) bond motifs is 1. The van der Waals surface area contributed by atoms with Crippen LogP contribution in [0.4, 0.5) is 13.2 Å². The summed E-state index contributed by atoms with van der Waals surface area (Å²) in [5.41, 5.74) is 2.16. The molecule has 1 aliphatic carbocycles. The minimum absolute atomic E-state index is 0.0905. The van der Waals surface area contributed by atoms with Crippen LogP contribution in [0.1, 0.15) is 34.6 Å². The van der Waals surface area contributed by atoms with E-state index >= 15 is 0 Å². The Bertz CT molecular complexity index is 942. The number of carbonyl (C=O) groups excluding carboxylic acids is 2. The first kappa shape index (κ1) is 19.5. The molecule has 2 unspecified atom stereocenters. The summed E-state index contributed by atoms with van der Waals surface area (Å²) in [5.74, 6) is -1.04. The summed E-state index contributed by atoms with van der Waals surface area (Å²) in [6.45, 7) is 1.05. The molecule has 1 saturated carbocycles. The van der Waals surface area contributed by atoms with Crippen molar-refractivity contribution in [3.05, 3.63) is 70.8 Å². The second-order valence-corrected chi connectivity index (χ2v) is 7.62. The van der Waals surface area contributed by atoms with Crippen molar-refractivity contribution < 1.29 is 22.8 Å². The second kappa shape index (κ2) is 7.54. The summed E-state index contributed by atoms with van der Waals surface area (Å²) in [6.07, 6.45) is -3.11. The number of nitrogens with zero attached hydrogens (tertiary/aromatic N) is 1. The van der Waals surface area contributed by atoms with Crippen LogP contribution < -0.4 is 5.32 Å². The van der Waals surface area contributed by atoms with Crippen molar-refractivity contribution in [1.29, 1.82) is 0 Å². The molecular weight excluding hydrogens is 381 g/mol. The van der Waals surface area contributed by atoms with Crippen molar-refractivity contribution in [3.63, 3.8) is 0 Å². The minimum atomic E-state index is -4.40. The second-order valence-electron chi connectivity index (χ2n) is 7.62. The molecule has 0 radical (unpaired) electrons. The monoisotopic (exact) mass is 402 g/mol. The Balaban J connectivity index is 1.30. The third-order valence-electron chi connectivity index (χ3n) is 5.67. The van der Waals surface area contributed by atoms with E-state index in [4.69, 9.17) is 0 Å².